The van der Waals surface area contributed by atoms with Gasteiger partial charge in [-0.05, 0) is 24.1 Å². The Labute approximate surface area is 201 Å². The highest BCUT2D eigenvalue weighted by molar-refractivity contribution is 6.29. The van der Waals surface area contributed by atoms with Gasteiger partial charge in [0.15, 0.2) is 0 Å². The van der Waals surface area contributed by atoms with E-state index in [9.17, 15) is 5.26 Å². The summed E-state index contributed by atoms with van der Waals surface area (Å²) in [5.74, 6) is 1.58. The van der Waals surface area contributed by atoms with E-state index in [4.69, 9.17) is 21.3 Å². The lowest BCUT2D eigenvalue weighted by Crippen LogP contribution is -2.68. The van der Waals surface area contributed by atoms with Crippen molar-refractivity contribution in [3.8, 4) is 23.2 Å². The van der Waals surface area contributed by atoms with Crippen molar-refractivity contribution in [3.05, 3.63) is 65.3 Å². The molecule has 0 amide bonds. The van der Waals surface area contributed by atoms with Gasteiger partial charge in [-0.15, -0.1) is 0 Å². The molecule has 2 atom stereocenters. The van der Waals surface area contributed by atoms with Crippen LogP contribution in [0, 0.1) is 11.3 Å². The van der Waals surface area contributed by atoms with Crippen molar-refractivity contribution < 1.29 is 4.74 Å². The second-order valence-corrected chi connectivity index (χ2v) is 9.00. The number of ether oxygens (including phenoxy) is 1. The van der Waals surface area contributed by atoms with Crippen LogP contribution in [0.1, 0.15) is 17.5 Å². The molecule has 0 saturated carbocycles. The second kappa shape index (κ2) is 8.24. The summed E-state index contributed by atoms with van der Waals surface area (Å²) in [6.07, 6.45) is 8.01. The molecule has 7 rings (SSSR count). The number of fused-ring (bicyclic) bond motifs is 3. The number of anilines is 1. The number of pyridine rings is 2. The van der Waals surface area contributed by atoms with Crippen molar-refractivity contribution in [2.45, 2.75) is 25.0 Å². The second-order valence-electron chi connectivity index (χ2n) is 8.61. The van der Waals surface area contributed by atoms with E-state index in [0.717, 1.165) is 31.0 Å². The molecule has 0 aromatic carbocycles. The van der Waals surface area contributed by atoms with Gasteiger partial charge in [-0.3, -0.25) is 4.90 Å². The molecule has 2 bridgehead atoms. The molecule has 3 aliphatic rings. The number of nitrogens with zero attached hydrogens (tertiary/aromatic N) is 8. The van der Waals surface area contributed by atoms with Crippen LogP contribution in [0.15, 0.2) is 49.1 Å². The predicted molar refractivity (Wildman–Crippen MR) is 127 cm³/mol. The van der Waals surface area contributed by atoms with Crippen LogP contribution in [-0.2, 0) is 6.54 Å². The first-order chi connectivity index (χ1) is 16.6. The van der Waals surface area contributed by atoms with Crippen molar-refractivity contribution in [1.29, 1.82) is 5.26 Å². The molecule has 10 heteroatoms. The highest BCUT2D eigenvalue weighted by Crippen LogP contribution is 2.36. The molecule has 0 radical (unpaired) electrons. The summed E-state index contributed by atoms with van der Waals surface area (Å²) in [6, 6.07) is 11.2. The number of aromatic nitrogens is 5. The largest absolute Gasteiger partial charge is 0.481 e. The molecule has 170 valence electrons. The molecule has 3 aliphatic heterocycles. The highest BCUT2D eigenvalue weighted by atomic mass is 35.5. The van der Waals surface area contributed by atoms with Crippen LogP contribution in [0.25, 0.3) is 16.8 Å². The Morgan fingerprint density at radius 1 is 1.12 bits per heavy atom. The van der Waals surface area contributed by atoms with Gasteiger partial charge in [0, 0.05) is 55.7 Å². The number of hydrogen-bond donors (Lipinski definition) is 0. The number of piperidine rings is 1. The molecule has 4 aromatic rings. The summed E-state index contributed by atoms with van der Waals surface area (Å²) in [5.41, 5.74) is 3.67. The molecule has 3 saturated heterocycles. The molecule has 2 unspecified atom stereocenters. The molecular formula is C24H21ClN8O. The van der Waals surface area contributed by atoms with Gasteiger partial charge in [-0.2, -0.15) is 10.4 Å². The van der Waals surface area contributed by atoms with Crippen LogP contribution in [-0.4, -0.2) is 61.7 Å². The minimum atomic E-state index is 0.308. The van der Waals surface area contributed by atoms with Crippen molar-refractivity contribution >= 4 is 22.9 Å². The molecule has 9 nitrogen and oxygen atoms in total. The third-order valence-corrected chi connectivity index (χ3v) is 6.83. The normalized spacial score (nSPS) is 19.6. The molecule has 0 N–H and O–H groups in total. The highest BCUT2D eigenvalue weighted by Gasteiger charge is 2.44. The summed E-state index contributed by atoms with van der Waals surface area (Å²) in [6.45, 7) is 2.77. The number of halogens is 1. The van der Waals surface area contributed by atoms with Crippen molar-refractivity contribution in [1.82, 2.24) is 29.5 Å². The quantitative estimate of drug-likeness (QED) is 0.437. The molecule has 3 fully saturated rings. The number of nitriles is 1. The molecular weight excluding hydrogens is 452 g/mol. The summed E-state index contributed by atoms with van der Waals surface area (Å²) in [4.78, 5) is 18.4. The minimum absolute atomic E-state index is 0.308. The average molecular weight is 473 g/mol. The Kier molecular flexibility index (Phi) is 5.05. The standard InChI is InChI=1S/C24H21ClN8O/c1-34-22-5-2-15(8-28-22)11-32-18-6-19(32)13-31(12-18)21-4-3-16(9-27-21)23-24-17(7-26)10-29-33(24)14-20(25)30-23/h2-5,8-10,14,18-19H,6,11-13H2,1H3. The minimum Gasteiger partial charge on any atom is -0.481 e. The number of methoxy groups -OCH3 is 1. The van der Waals surface area contributed by atoms with Crippen LogP contribution >= 0.6 is 11.6 Å². The third kappa shape index (κ3) is 3.52. The van der Waals surface area contributed by atoms with E-state index in [1.54, 1.807) is 24.0 Å². The van der Waals surface area contributed by atoms with E-state index in [2.05, 4.69) is 37.0 Å². The topological polar surface area (TPSA) is 95.5 Å². The van der Waals surface area contributed by atoms with Gasteiger partial charge in [0.25, 0.3) is 0 Å². The smallest absolute Gasteiger partial charge is 0.212 e. The van der Waals surface area contributed by atoms with Gasteiger partial charge in [0.1, 0.15) is 33.8 Å². The maximum Gasteiger partial charge on any atom is 0.212 e. The lowest BCUT2D eigenvalue weighted by atomic mass is 9.87. The van der Waals surface area contributed by atoms with Gasteiger partial charge in [-0.25, -0.2) is 19.5 Å². The lowest BCUT2D eigenvalue weighted by Gasteiger charge is -2.56. The van der Waals surface area contributed by atoms with Crippen molar-refractivity contribution in [3.63, 3.8) is 0 Å². The van der Waals surface area contributed by atoms with Gasteiger partial charge < -0.3 is 9.64 Å². The van der Waals surface area contributed by atoms with Crippen LogP contribution in [0.4, 0.5) is 5.82 Å². The fourth-order valence-electron chi connectivity index (χ4n) is 4.95. The fourth-order valence-corrected chi connectivity index (χ4v) is 5.13. The molecule has 0 aliphatic carbocycles. The zero-order valence-electron chi connectivity index (χ0n) is 18.5. The lowest BCUT2D eigenvalue weighted by molar-refractivity contribution is -0.00876. The van der Waals surface area contributed by atoms with Crippen LogP contribution in [0.2, 0.25) is 5.15 Å². The fraction of sp³-hybridized carbons (Fsp3) is 0.292. The summed E-state index contributed by atoms with van der Waals surface area (Å²) >= 11 is 6.19. The number of piperazine rings is 1. The Balaban J connectivity index is 1.18. The third-order valence-electron chi connectivity index (χ3n) is 6.65. The van der Waals surface area contributed by atoms with E-state index < -0.39 is 0 Å². The van der Waals surface area contributed by atoms with Crippen molar-refractivity contribution in [2.24, 2.45) is 0 Å². The number of hydrogen-bond acceptors (Lipinski definition) is 8. The van der Waals surface area contributed by atoms with Gasteiger partial charge in [0.05, 0.1) is 19.5 Å². The summed E-state index contributed by atoms with van der Waals surface area (Å²) in [7, 11) is 1.63. The van der Waals surface area contributed by atoms with Gasteiger partial charge in [0.2, 0.25) is 5.88 Å². The van der Waals surface area contributed by atoms with E-state index >= 15 is 0 Å². The average Bonchev–Trinajstić information content (AvgIpc) is 3.30. The maximum absolute atomic E-state index is 9.45. The molecule has 4 aromatic heterocycles. The Morgan fingerprint density at radius 2 is 1.97 bits per heavy atom. The predicted octanol–water partition coefficient (Wildman–Crippen LogP) is 3.18. The van der Waals surface area contributed by atoms with Crippen LogP contribution < -0.4 is 9.64 Å². The number of rotatable bonds is 5. The first-order valence-electron chi connectivity index (χ1n) is 11.0. The maximum atomic E-state index is 9.45. The first-order valence-corrected chi connectivity index (χ1v) is 11.4. The molecule has 0 spiro atoms. The zero-order chi connectivity index (χ0) is 23.2. The van der Waals surface area contributed by atoms with Gasteiger partial charge >= 0.3 is 0 Å². The molecule has 34 heavy (non-hydrogen) atoms. The summed E-state index contributed by atoms with van der Waals surface area (Å²) < 4.78 is 6.74. The zero-order valence-corrected chi connectivity index (χ0v) is 19.2. The molecule has 7 heterocycles. The van der Waals surface area contributed by atoms with E-state index in [0.29, 0.717) is 39.9 Å². The van der Waals surface area contributed by atoms with Crippen LogP contribution in [0.5, 0.6) is 5.88 Å². The SMILES string of the molecule is COc1ccc(CN2C3CC2CN(c2ccc(-c4nc(Cl)cn5ncc(C#N)c45)cn2)C3)cn1. The van der Waals surface area contributed by atoms with E-state index in [1.165, 1.54) is 18.2 Å². The Bertz CT molecular complexity index is 1380. The monoisotopic (exact) mass is 472 g/mol. The summed E-state index contributed by atoms with van der Waals surface area (Å²) in [5, 5.41) is 14.0. The first kappa shape index (κ1) is 20.8. The van der Waals surface area contributed by atoms with Crippen molar-refractivity contribution in [2.75, 3.05) is 25.1 Å². The Hall–Kier alpha value is -3.74. The Morgan fingerprint density at radius 3 is 2.65 bits per heavy atom. The van der Waals surface area contributed by atoms with Gasteiger partial charge in [-0.1, -0.05) is 17.7 Å². The van der Waals surface area contributed by atoms with E-state index in [1.807, 2.05) is 24.4 Å². The van der Waals surface area contributed by atoms with Crippen LogP contribution in [0.3, 0.4) is 0 Å². The van der Waals surface area contributed by atoms with E-state index in [-0.39, 0.29) is 0 Å².